The molecule has 0 saturated carbocycles. The van der Waals surface area contributed by atoms with Gasteiger partial charge in [-0.2, -0.15) is 5.10 Å². The lowest BCUT2D eigenvalue weighted by Crippen LogP contribution is -2.35. The van der Waals surface area contributed by atoms with Crippen LogP contribution < -0.4 is 11.1 Å². The van der Waals surface area contributed by atoms with Crippen LogP contribution in [-0.2, 0) is 6.42 Å². The largest absolute Gasteiger partial charge is 0.395 e. The number of carbonyl (C=O) groups is 1. The molecular weight excluding hydrogens is 266 g/mol. The predicted molar refractivity (Wildman–Crippen MR) is 84.2 cm³/mol. The molecule has 2 rings (SSSR count). The fourth-order valence-corrected chi connectivity index (χ4v) is 2.77. The number of nitrogens with zero attached hydrogens (tertiary/aromatic N) is 2. The number of likely N-dealkylation sites (tertiary alicyclic amines) is 1. The molecule has 6 nitrogen and oxygen atoms in total. The van der Waals surface area contributed by atoms with Crippen LogP contribution in [0, 0.1) is 0 Å². The second-order valence-corrected chi connectivity index (χ2v) is 5.73. The summed E-state index contributed by atoms with van der Waals surface area (Å²) in [4.78, 5) is 14.5. The molecule has 1 aliphatic heterocycles. The van der Waals surface area contributed by atoms with Gasteiger partial charge in [-0.05, 0) is 32.4 Å². The van der Waals surface area contributed by atoms with Gasteiger partial charge in [0.25, 0.3) is 5.91 Å². The number of aromatic amines is 1. The second kappa shape index (κ2) is 8.02. The topological polar surface area (TPSA) is 87.0 Å². The van der Waals surface area contributed by atoms with Gasteiger partial charge >= 0.3 is 0 Å². The van der Waals surface area contributed by atoms with Gasteiger partial charge in [0.1, 0.15) is 0 Å². The van der Waals surface area contributed by atoms with Gasteiger partial charge in [-0.15, -0.1) is 0 Å². The van der Waals surface area contributed by atoms with Crippen LogP contribution >= 0.6 is 0 Å². The van der Waals surface area contributed by atoms with E-state index >= 15 is 0 Å². The third-order valence-corrected chi connectivity index (χ3v) is 4.01. The number of amides is 1. The Morgan fingerprint density at radius 1 is 1.33 bits per heavy atom. The molecule has 4 N–H and O–H groups in total. The molecule has 1 amide bonds. The molecule has 1 aliphatic rings. The van der Waals surface area contributed by atoms with Crippen molar-refractivity contribution in [2.24, 2.45) is 0 Å². The first-order chi connectivity index (χ1) is 10.2. The number of aryl methyl sites for hydroxylation is 1. The molecule has 0 radical (unpaired) electrons. The Hall–Kier alpha value is -1.56. The Labute approximate surface area is 126 Å². The smallest absolute Gasteiger partial charge is 0.273 e. The summed E-state index contributed by atoms with van der Waals surface area (Å²) in [6.07, 6.45) is 6.98. The Kier molecular flexibility index (Phi) is 6.04. The summed E-state index contributed by atoms with van der Waals surface area (Å²) >= 11 is 0. The first-order valence-corrected chi connectivity index (χ1v) is 8.05. The minimum Gasteiger partial charge on any atom is -0.395 e. The maximum absolute atomic E-state index is 12.1. The highest BCUT2D eigenvalue weighted by Gasteiger charge is 2.17. The summed E-state index contributed by atoms with van der Waals surface area (Å²) in [6.45, 7) is 5.90. The lowest BCUT2D eigenvalue weighted by atomic mass is 10.2. The van der Waals surface area contributed by atoms with E-state index in [4.69, 9.17) is 5.73 Å². The number of hydrogen-bond donors (Lipinski definition) is 3. The molecule has 0 atom stereocenters. The van der Waals surface area contributed by atoms with E-state index in [1.54, 1.807) is 0 Å². The van der Waals surface area contributed by atoms with Gasteiger partial charge < -0.3 is 16.0 Å². The Morgan fingerprint density at radius 2 is 2.05 bits per heavy atom. The molecule has 1 aromatic rings. The van der Waals surface area contributed by atoms with Gasteiger partial charge in [-0.3, -0.25) is 9.89 Å². The molecule has 0 aromatic carbocycles. The Morgan fingerprint density at radius 3 is 2.71 bits per heavy atom. The lowest BCUT2D eigenvalue weighted by molar-refractivity contribution is 0.0944. The van der Waals surface area contributed by atoms with Crippen LogP contribution in [0.15, 0.2) is 0 Å². The van der Waals surface area contributed by atoms with Crippen LogP contribution in [0.2, 0.25) is 0 Å². The second-order valence-electron chi connectivity index (χ2n) is 5.73. The zero-order valence-corrected chi connectivity index (χ0v) is 13.0. The van der Waals surface area contributed by atoms with Crippen molar-refractivity contribution in [3.63, 3.8) is 0 Å². The van der Waals surface area contributed by atoms with Crippen LogP contribution in [0.3, 0.4) is 0 Å². The number of H-pyrrole nitrogens is 1. The molecule has 1 aromatic heterocycles. The highest BCUT2D eigenvalue weighted by Crippen LogP contribution is 2.15. The third kappa shape index (κ3) is 4.46. The summed E-state index contributed by atoms with van der Waals surface area (Å²) in [6, 6.07) is 0. The number of nitrogen functional groups attached to an aromatic ring is 1. The van der Waals surface area contributed by atoms with Crippen LogP contribution in [-0.4, -0.2) is 47.2 Å². The summed E-state index contributed by atoms with van der Waals surface area (Å²) in [5, 5.41) is 9.82. The van der Waals surface area contributed by atoms with Crippen molar-refractivity contribution >= 4 is 11.6 Å². The van der Waals surface area contributed by atoms with Crippen molar-refractivity contribution < 1.29 is 4.79 Å². The average molecular weight is 293 g/mol. The van der Waals surface area contributed by atoms with E-state index in [0.717, 1.165) is 38.2 Å². The van der Waals surface area contributed by atoms with Crippen molar-refractivity contribution in [2.75, 3.05) is 31.9 Å². The Bertz CT molecular complexity index is 449. The van der Waals surface area contributed by atoms with Crippen molar-refractivity contribution in [2.45, 2.75) is 45.4 Å². The molecule has 6 heteroatoms. The quantitative estimate of drug-likeness (QED) is 0.742. The Balaban J connectivity index is 1.78. The monoisotopic (exact) mass is 293 g/mol. The van der Waals surface area contributed by atoms with Crippen LogP contribution in [0.5, 0.6) is 0 Å². The minimum absolute atomic E-state index is 0.180. The lowest BCUT2D eigenvalue weighted by Gasteiger charge is -2.19. The molecule has 118 valence electrons. The minimum atomic E-state index is -0.180. The molecule has 0 bridgehead atoms. The summed E-state index contributed by atoms with van der Waals surface area (Å²) in [7, 11) is 0. The molecule has 1 fully saturated rings. The first kappa shape index (κ1) is 15.8. The average Bonchev–Trinajstić information content (AvgIpc) is 2.68. The van der Waals surface area contributed by atoms with E-state index in [-0.39, 0.29) is 5.91 Å². The summed E-state index contributed by atoms with van der Waals surface area (Å²) in [5.74, 6) is -0.180. The van der Waals surface area contributed by atoms with Crippen molar-refractivity contribution in [3.05, 3.63) is 11.4 Å². The normalized spacial score (nSPS) is 16.6. The van der Waals surface area contributed by atoms with Crippen LogP contribution in [0.1, 0.15) is 55.2 Å². The summed E-state index contributed by atoms with van der Waals surface area (Å²) < 4.78 is 0. The number of nitrogens with two attached hydrogens (primary N) is 1. The first-order valence-electron chi connectivity index (χ1n) is 8.05. The SMILES string of the molecule is CCCc1[nH]nc(C(=O)NCCN2CCCCCC2)c1N. The predicted octanol–water partition coefficient (Wildman–Crippen LogP) is 1.55. The van der Waals surface area contributed by atoms with Crippen molar-refractivity contribution in [3.8, 4) is 0 Å². The number of anilines is 1. The van der Waals surface area contributed by atoms with E-state index in [1.807, 2.05) is 0 Å². The molecule has 0 spiro atoms. The van der Waals surface area contributed by atoms with E-state index < -0.39 is 0 Å². The maximum atomic E-state index is 12.1. The number of aromatic nitrogens is 2. The van der Waals surface area contributed by atoms with Gasteiger partial charge in [0.2, 0.25) is 0 Å². The van der Waals surface area contributed by atoms with Crippen molar-refractivity contribution in [1.82, 2.24) is 20.4 Å². The third-order valence-electron chi connectivity index (χ3n) is 4.01. The highest BCUT2D eigenvalue weighted by atomic mass is 16.1. The maximum Gasteiger partial charge on any atom is 0.273 e. The van der Waals surface area contributed by atoms with Gasteiger partial charge in [0.05, 0.1) is 11.4 Å². The number of hydrogen-bond acceptors (Lipinski definition) is 4. The van der Waals surface area contributed by atoms with Crippen molar-refractivity contribution in [1.29, 1.82) is 0 Å². The van der Waals surface area contributed by atoms with Crippen LogP contribution in [0.25, 0.3) is 0 Å². The fourth-order valence-electron chi connectivity index (χ4n) is 2.77. The van der Waals surface area contributed by atoms with Gasteiger partial charge in [-0.25, -0.2) is 0 Å². The zero-order chi connectivity index (χ0) is 15.1. The van der Waals surface area contributed by atoms with Gasteiger partial charge in [0, 0.05) is 13.1 Å². The number of nitrogens with one attached hydrogen (secondary N) is 2. The fraction of sp³-hybridized carbons (Fsp3) is 0.733. The molecule has 1 saturated heterocycles. The van der Waals surface area contributed by atoms with E-state index in [2.05, 4.69) is 27.3 Å². The van der Waals surface area contributed by atoms with E-state index in [9.17, 15) is 4.79 Å². The van der Waals surface area contributed by atoms with E-state index in [0.29, 0.717) is 17.9 Å². The van der Waals surface area contributed by atoms with Crippen LogP contribution in [0.4, 0.5) is 5.69 Å². The summed E-state index contributed by atoms with van der Waals surface area (Å²) in [5.41, 5.74) is 7.64. The molecule has 0 unspecified atom stereocenters. The van der Waals surface area contributed by atoms with E-state index in [1.165, 1.54) is 25.7 Å². The standard InChI is InChI=1S/C15H27N5O/c1-2-7-12-13(16)14(19-18-12)15(21)17-8-11-20-9-5-3-4-6-10-20/h2-11,16H2,1H3,(H,17,21)(H,18,19). The molecular formula is C15H27N5O. The molecule has 0 aliphatic carbocycles. The zero-order valence-electron chi connectivity index (χ0n) is 13.0. The van der Waals surface area contributed by atoms with Gasteiger partial charge in [-0.1, -0.05) is 26.2 Å². The molecule has 2 heterocycles. The number of carbonyl (C=O) groups excluding carboxylic acids is 1. The molecule has 21 heavy (non-hydrogen) atoms. The number of rotatable bonds is 6. The highest BCUT2D eigenvalue weighted by molar-refractivity contribution is 5.97. The van der Waals surface area contributed by atoms with Gasteiger partial charge in [0.15, 0.2) is 5.69 Å².